The first kappa shape index (κ1) is 31.7. The van der Waals surface area contributed by atoms with Gasteiger partial charge in [0.05, 0.1) is 31.3 Å². The largest absolute Gasteiger partial charge is 0.506 e. The fraction of sp³-hybridized carbons (Fsp3) is 0.556. The van der Waals surface area contributed by atoms with Crippen molar-refractivity contribution in [1.82, 2.24) is 20.1 Å². The topological polar surface area (TPSA) is 118 Å². The highest BCUT2D eigenvalue weighted by atomic mass is 16.5. The number of nitrogens with zero attached hydrogens (tertiary/aromatic N) is 2. The van der Waals surface area contributed by atoms with Crippen LogP contribution >= 0.6 is 0 Å². The van der Waals surface area contributed by atoms with Crippen LogP contribution in [0.2, 0.25) is 0 Å². The van der Waals surface area contributed by atoms with Crippen LogP contribution in [0.5, 0.6) is 5.75 Å². The Morgan fingerprint density at radius 2 is 1.84 bits per heavy atom. The van der Waals surface area contributed by atoms with E-state index in [1.165, 1.54) is 68.5 Å². The zero-order chi connectivity index (χ0) is 31.2. The maximum atomic E-state index is 13.1. The Morgan fingerprint density at radius 3 is 2.64 bits per heavy atom. The Hall–Kier alpha value is -3.24. The predicted molar refractivity (Wildman–Crippen MR) is 175 cm³/mol. The summed E-state index contributed by atoms with van der Waals surface area (Å²) >= 11 is 0. The van der Waals surface area contributed by atoms with E-state index in [1.807, 2.05) is 4.90 Å². The molecule has 3 atom stereocenters. The SMILES string of the molecule is O=C(CCOCCc1cccc(CN2CC3CCCC3C2)c1)N(CCNC[C@H](O)c1ccc(O)c2[nH]c(=O)ccc12)CC1CC1. The molecule has 1 aliphatic heterocycles. The predicted octanol–water partition coefficient (Wildman–Crippen LogP) is 3.98. The van der Waals surface area contributed by atoms with E-state index < -0.39 is 6.10 Å². The molecule has 4 N–H and O–H groups in total. The zero-order valence-corrected chi connectivity index (χ0v) is 26.3. The smallest absolute Gasteiger partial charge is 0.248 e. The molecule has 1 amide bonds. The van der Waals surface area contributed by atoms with Crippen LogP contribution in [0.3, 0.4) is 0 Å². The van der Waals surface area contributed by atoms with Gasteiger partial charge in [-0.05, 0) is 78.7 Å². The summed E-state index contributed by atoms with van der Waals surface area (Å²) in [5.74, 6) is 2.49. The quantitative estimate of drug-likeness (QED) is 0.180. The molecule has 2 heterocycles. The van der Waals surface area contributed by atoms with Gasteiger partial charge in [-0.1, -0.05) is 36.8 Å². The fourth-order valence-corrected chi connectivity index (χ4v) is 7.25. The number of ether oxygens (including phenoxy) is 1. The number of aromatic amines is 1. The maximum absolute atomic E-state index is 13.1. The monoisotopic (exact) mass is 616 g/mol. The highest BCUT2D eigenvalue weighted by Gasteiger charge is 2.35. The molecular weight excluding hydrogens is 568 g/mol. The zero-order valence-electron chi connectivity index (χ0n) is 26.3. The number of hydrogen-bond donors (Lipinski definition) is 4. The van der Waals surface area contributed by atoms with Crippen molar-refractivity contribution in [3.63, 3.8) is 0 Å². The van der Waals surface area contributed by atoms with Crippen molar-refractivity contribution in [2.24, 2.45) is 17.8 Å². The molecule has 242 valence electrons. The normalized spacial score (nSPS) is 20.5. The van der Waals surface area contributed by atoms with Gasteiger partial charge in [-0.25, -0.2) is 0 Å². The number of likely N-dealkylation sites (tertiary alicyclic amines) is 1. The third-order valence-electron chi connectivity index (χ3n) is 9.89. The third kappa shape index (κ3) is 8.52. The van der Waals surface area contributed by atoms with Crippen LogP contribution in [-0.2, 0) is 22.5 Å². The molecule has 3 aliphatic rings. The molecule has 2 saturated carbocycles. The van der Waals surface area contributed by atoms with Crippen molar-refractivity contribution in [2.45, 2.75) is 57.6 Å². The van der Waals surface area contributed by atoms with Gasteiger partial charge in [0.25, 0.3) is 0 Å². The van der Waals surface area contributed by atoms with E-state index in [1.54, 1.807) is 12.1 Å². The van der Waals surface area contributed by atoms with Crippen LogP contribution < -0.4 is 10.9 Å². The van der Waals surface area contributed by atoms with Crippen molar-refractivity contribution in [1.29, 1.82) is 0 Å². The number of aromatic nitrogens is 1. The molecule has 3 aromatic rings. The summed E-state index contributed by atoms with van der Waals surface area (Å²) in [7, 11) is 0. The van der Waals surface area contributed by atoms with Crippen molar-refractivity contribution in [3.8, 4) is 5.75 Å². The maximum Gasteiger partial charge on any atom is 0.248 e. The highest BCUT2D eigenvalue weighted by molar-refractivity contribution is 5.87. The number of aliphatic hydroxyl groups excluding tert-OH is 1. The highest BCUT2D eigenvalue weighted by Crippen LogP contribution is 2.38. The molecule has 1 aromatic heterocycles. The second-order valence-corrected chi connectivity index (χ2v) is 13.4. The van der Waals surface area contributed by atoms with E-state index in [9.17, 15) is 19.8 Å². The van der Waals surface area contributed by atoms with E-state index in [4.69, 9.17) is 4.74 Å². The number of pyridine rings is 1. The lowest BCUT2D eigenvalue weighted by Gasteiger charge is -2.23. The molecule has 3 fully saturated rings. The van der Waals surface area contributed by atoms with Crippen molar-refractivity contribution >= 4 is 16.8 Å². The third-order valence-corrected chi connectivity index (χ3v) is 9.89. The molecule has 0 spiro atoms. The number of aliphatic hydroxyl groups is 1. The van der Waals surface area contributed by atoms with E-state index >= 15 is 0 Å². The second-order valence-electron chi connectivity index (χ2n) is 13.4. The van der Waals surface area contributed by atoms with Crippen LogP contribution in [0.4, 0.5) is 0 Å². The van der Waals surface area contributed by atoms with Gasteiger partial charge in [0.15, 0.2) is 0 Å². The van der Waals surface area contributed by atoms with Gasteiger partial charge >= 0.3 is 0 Å². The van der Waals surface area contributed by atoms with Crippen molar-refractivity contribution in [2.75, 3.05) is 52.5 Å². The number of aromatic hydroxyl groups is 1. The number of fused-ring (bicyclic) bond motifs is 2. The number of carbonyl (C=O) groups is 1. The van der Waals surface area contributed by atoms with Crippen molar-refractivity contribution < 1.29 is 19.7 Å². The minimum atomic E-state index is -0.833. The van der Waals surface area contributed by atoms with Crippen LogP contribution in [0, 0.1) is 17.8 Å². The van der Waals surface area contributed by atoms with Gasteiger partial charge in [0.2, 0.25) is 11.5 Å². The molecule has 2 aliphatic carbocycles. The van der Waals surface area contributed by atoms with E-state index in [0.717, 1.165) is 31.3 Å². The molecule has 2 unspecified atom stereocenters. The van der Waals surface area contributed by atoms with Crippen LogP contribution in [-0.4, -0.2) is 83.4 Å². The number of rotatable bonds is 16. The van der Waals surface area contributed by atoms with E-state index in [2.05, 4.69) is 39.5 Å². The number of H-pyrrole nitrogens is 1. The number of hydrogen-bond acceptors (Lipinski definition) is 7. The Morgan fingerprint density at radius 1 is 1.04 bits per heavy atom. The molecule has 0 bridgehead atoms. The van der Waals surface area contributed by atoms with E-state index in [0.29, 0.717) is 55.1 Å². The van der Waals surface area contributed by atoms with Crippen LogP contribution in [0.1, 0.15) is 61.3 Å². The average Bonchev–Trinajstić information content (AvgIpc) is 3.62. The molecule has 1 saturated heterocycles. The summed E-state index contributed by atoms with van der Waals surface area (Å²) in [6.07, 6.45) is 6.94. The molecule has 6 rings (SSSR count). The number of benzene rings is 2. The molecule has 0 radical (unpaired) electrons. The van der Waals surface area contributed by atoms with Gasteiger partial charge in [-0.3, -0.25) is 14.5 Å². The Kier molecular flexibility index (Phi) is 10.5. The van der Waals surface area contributed by atoms with Crippen LogP contribution in [0.25, 0.3) is 10.9 Å². The van der Waals surface area contributed by atoms with Crippen molar-refractivity contribution in [3.05, 3.63) is 75.6 Å². The number of carbonyl (C=O) groups excluding carboxylic acids is 1. The minimum Gasteiger partial charge on any atom is -0.506 e. The summed E-state index contributed by atoms with van der Waals surface area (Å²) in [5.41, 5.74) is 3.29. The average molecular weight is 617 g/mol. The number of phenolic OH excluding ortho intramolecular Hbond substituents is 1. The van der Waals surface area contributed by atoms with Gasteiger partial charge in [-0.2, -0.15) is 0 Å². The summed E-state index contributed by atoms with van der Waals surface area (Å²) in [5, 5.41) is 24.8. The van der Waals surface area contributed by atoms with Gasteiger partial charge in [0, 0.05) is 57.3 Å². The summed E-state index contributed by atoms with van der Waals surface area (Å²) in [6, 6.07) is 15.0. The minimum absolute atomic E-state index is 0.0338. The molecule has 9 heteroatoms. The lowest BCUT2D eigenvalue weighted by molar-refractivity contribution is -0.132. The second kappa shape index (κ2) is 14.9. The van der Waals surface area contributed by atoms with Gasteiger partial charge in [-0.15, -0.1) is 0 Å². The number of phenols is 1. The summed E-state index contributed by atoms with van der Waals surface area (Å²) in [4.78, 5) is 32.0. The molecule has 2 aromatic carbocycles. The fourth-order valence-electron chi connectivity index (χ4n) is 7.25. The first-order valence-electron chi connectivity index (χ1n) is 16.8. The molecule has 9 nitrogen and oxygen atoms in total. The first-order valence-corrected chi connectivity index (χ1v) is 16.8. The lowest BCUT2D eigenvalue weighted by atomic mass is 10.0. The number of amides is 1. The molecule has 45 heavy (non-hydrogen) atoms. The van der Waals surface area contributed by atoms with Gasteiger partial charge < -0.3 is 30.2 Å². The first-order chi connectivity index (χ1) is 21.9. The Labute approximate surface area is 265 Å². The van der Waals surface area contributed by atoms with E-state index in [-0.39, 0.29) is 23.8 Å². The van der Waals surface area contributed by atoms with Crippen LogP contribution in [0.15, 0.2) is 53.3 Å². The molecular formula is C36H48N4O5. The standard InChI is InChI=1S/C36H48N4O5/c41-32-11-9-30(31-10-12-34(43)38-36(31)32)33(42)20-37-15-16-40(22-26-7-8-26)35(44)14-18-45-17-13-25-3-1-4-27(19-25)21-39-23-28-5-2-6-29(28)24-39/h1,3-4,9-12,19,26,28-29,33,37,41-42H,2,5-8,13-18,20-24H2,(H,38,43)/t28?,29?,33-/m0/s1. The summed E-state index contributed by atoms with van der Waals surface area (Å²) < 4.78 is 5.91. The lowest BCUT2D eigenvalue weighted by Crippen LogP contribution is -2.39. The Bertz CT molecular complexity index is 1490. The summed E-state index contributed by atoms with van der Waals surface area (Å²) in [6.45, 7) is 6.74. The van der Waals surface area contributed by atoms with Gasteiger partial charge in [0.1, 0.15) is 5.75 Å². The number of nitrogens with one attached hydrogen (secondary N) is 2. The Balaban J connectivity index is 0.903.